The summed E-state index contributed by atoms with van der Waals surface area (Å²) in [6, 6.07) is 5.96. The summed E-state index contributed by atoms with van der Waals surface area (Å²) in [6.45, 7) is 4.03. The number of carbonyl (C=O) groups is 1. The maximum atomic E-state index is 12.2. The Balaban J connectivity index is 2.02. The fourth-order valence-corrected chi connectivity index (χ4v) is 4.71. The maximum absolute atomic E-state index is 12.2. The fraction of sp³-hybridized carbons (Fsp3) is 0.562. The number of para-hydroxylation sites is 1. The molecule has 116 valence electrons. The molecule has 0 bridgehead atoms. The first-order valence-corrected chi connectivity index (χ1v) is 9.32. The molecule has 1 aromatic rings. The highest BCUT2D eigenvalue weighted by Crippen LogP contribution is 2.24. The van der Waals surface area contributed by atoms with Gasteiger partial charge in [-0.2, -0.15) is 0 Å². The Labute approximate surface area is 126 Å². The second-order valence-electron chi connectivity index (χ2n) is 5.84. The van der Waals surface area contributed by atoms with Gasteiger partial charge in [-0.05, 0) is 43.2 Å². The Morgan fingerprint density at radius 3 is 2.81 bits per heavy atom. The predicted molar refractivity (Wildman–Crippen MR) is 85.2 cm³/mol. The Kier molecular flexibility index (Phi) is 5.04. The first-order chi connectivity index (χ1) is 9.91. The predicted octanol–water partition coefficient (Wildman–Crippen LogP) is 2.71. The van der Waals surface area contributed by atoms with E-state index in [1.807, 2.05) is 25.1 Å². The molecule has 0 spiro atoms. The van der Waals surface area contributed by atoms with Crippen LogP contribution in [0.3, 0.4) is 0 Å². The third kappa shape index (κ3) is 4.30. The number of sulfone groups is 1. The molecule has 1 aliphatic rings. The van der Waals surface area contributed by atoms with Crippen molar-refractivity contribution in [2.24, 2.45) is 5.92 Å². The van der Waals surface area contributed by atoms with E-state index in [1.165, 1.54) is 0 Å². The van der Waals surface area contributed by atoms with Crippen molar-refractivity contribution in [1.29, 1.82) is 0 Å². The number of benzene rings is 1. The standard InChI is InChI=1S/C16H23NO3S/c1-3-14-8-4-6-12(2)16(14)17-15(18)10-13-7-5-9-21(19,20)11-13/h4,6,8,13H,3,5,7,9-11H2,1-2H3,(H,17,18). The lowest BCUT2D eigenvalue weighted by Gasteiger charge is -2.22. The van der Waals surface area contributed by atoms with Gasteiger partial charge in [-0.25, -0.2) is 8.42 Å². The molecule has 1 N–H and O–H groups in total. The number of anilines is 1. The Hall–Kier alpha value is -1.36. The van der Waals surface area contributed by atoms with Gasteiger partial charge < -0.3 is 5.32 Å². The number of carbonyl (C=O) groups excluding carboxylic acids is 1. The molecule has 1 amide bonds. The van der Waals surface area contributed by atoms with E-state index in [0.29, 0.717) is 6.42 Å². The molecule has 1 unspecified atom stereocenters. The minimum Gasteiger partial charge on any atom is -0.326 e. The number of hydrogen-bond acceptors (Lipinski definition) is 3. The molecule has 2 rings (SSSR count). The summed E-state index contributed by atoms with van der Waals surface area (Å²) >= 11 is 0. The lowest BCUT2D eigenvalue weighted by atomic mass is 10.0. The SMILES string of the molecule is CCc1cccc(C)c1NC(=O)CC1CCCS(=O)(=O)C1. The van der Waals surface area contributed by atoms with Crippen LogP contribution in [0.1, 0.15) is 37.3 Å². The summed E-state index contributed by atoms with van der Waals surface area (Å²) in [5.41, 5.74) is 3.03. The van der Waals surface area contributed by atoms with Crippen LogP contribution in [0.25, 0.3) is 0 Å². The number of amides is 1. The van der Waals surface area contributed by atoms with E-state index in [-0.39, 0.29) is 29.8 Å². The molecule has 1 atom stereocenters. The average molecular weight is 309 g/mol. The number of hydrogen-bond donors (Lipinski definition) is 1. The highest BCUT2D eigenvalue weighted by Gasteiger charge is 2.26. The van der Waals surface area contributed by atoms with Crippen LogP contribution in [0.15, 0.2) is 18.2 Å². The molecule has 0 radical (unpaired) electrons. The third-order valence-electron chi connectivity index (χ3n) is 4.04. The van der Waals surface area contributed by atoms with Crippen LogP contribution >= 0.6 is 0 Å². The first kappa shape index (κ1) is 16.0. The molecule has 1 saturated heterocycles. The van der Waals surface area contributed by atoms with E-state index in [0.717, 1.165) is 29.7 Å². The molecule has 4 nitrogen and oxygen atoms in total. The molecule has 1 heterocycles. The lowest BCUT2D eigenvalue weighted by Crippen LogP contribution is -2.28. The third-order valence-corrected chi connectivity index (χ3v) is 5.93. The van der Waals surface area contributed by atoms with Gasteiger partial charge in [0.25, 0.3) is 0 Å². The summed E-state index contributed by atoms with van der Waals surface area (Å²) in [6.07, 6.45) is 2.64. The molecular formula is C16H23NO3S. The average Bonchev–Trinajstić information content (AvgIpc) is 2.39. The zero-order valence-electron chi connectivity index (χ0n) is 12.7. The normalized spacial score (nSPS) is 21.0. The van der Waals surface area contributed by atoms with Gasteiger partial charge in [-0.3, -0.25) is 4.79 Å². The van der Waals surface area contributed by atoms with Crippen molar-refractivity contribution in [3.63, 3.8) is 0 Å². The van der Waals surface area contributed by atoms with Gasteiger partial charge >= 0.3 is 0 Å². The highest BCUT2D eigenvalue weighted by atomic mass is 32.2. The van der Waals surface area contributed by atoms with Gasteiger partial charge in [0.05, 0.1) is 11.5 Å². The van der Waals surface area contributed by atoms with Crippen LogP contribution < -0.4 is 5.32 Å². The summed E-state index contributed by atoms with van der Waals surface area (Å²) in [5, 5.41) is 2.97. The van der Waals surface area contributed by atoms with Crippen LogP contribution in [0, 0.1) is 12.8 Å². The zero-order chi connectivity index (χ0) is 15.5. The molecule has 1 aliphatic heterocycles. The van der Waals surface area contributed by atoms with Crippen molar-refractivity contribution in [2.45, 2.75) is 39.5 Å². The van der Waals surface area contributed by atoms with Crippen LogP contribution in [-0.4, -0.2) is 25.8 Å². The molecular weight excluding hydrogens is 286 g/mol. The van der Waals surface area contributed by atoms with Gasteiger partial charge in [0.15, 0.2) is 9.84 Å². The molecule has 0 aromatic heterocycles. The van der Waals surface area contributed by atoms with Crippen LogP contribution in [0.4, 0.5) is 5.69 Å². The van der Waals surface area contributed by atoms with E-state index in [1.54, 1.807) is 0 Å². The zero-order valence-corrected chi connectivity index (χ0v) is 13.5. The van der Waals surface area contributed by atoms with Gasteiger partial charge in [0.1, 0.15) is 0 Å². The number of nitrogens with one attached hydrogen (secondary N) is 1. The van der Waals surface area contributed by atoms with E-state index in [9.17, 15) is 13.2 Å². The van der Waals surface area contributed by atoms with E-state index < -0.39 is 9.84 Å². The van der Waals surface area contributed by atoms with Crippen molar-refractivity contribution in [3.05, 3.63) is 29.3 Å². The number of aryl methyl sites for hydroxylation is 2. The van der Waals surface area contributed by atoms with Gasteiger partial charge in [0, 0.05) is 12.1 Å². The fourth-order valence-electron chi connectivity index (χ4n) is 2.93. The molecule has 1 aromatic carbocycles. The van der Waals surface area contributed by atoms with Crippen molar-refractivity contribution < 1.29 is 13.2 Å². The lowest BCUT2D eigenvalue weighted by molar-refractivity contribution is -0.117. The van der Waals surface area contributed by atoms with Crippen LogP contribution in [-0.2, 0) is 21.1 Å². The molecule has 21 heavy (non-hydrogen) atoms. The summed E-state index contributed by atoms with van der Waals surface area (Å²) < 4.78 is 23.2. The molecule has 5 heteroatoms. The second kappa shape index (κ2) is 6.60. The topological polar surface area (TPSA) is 63.2 Å². The molecule has 0 saturated carbocycles. The Morgan fingerprint density at radius 1 is 1.38 bits per heavy atom. The van der Waals surface area contributed by atoms with E-state index >= 15 is 0 Å². The van der Waals surface area contributed by atoms with Crippen LogP contribution in [0.2, 0.25) is 0 Å². The summed E-state index contributed by atoms with van der Waals surface area (Å²) in [4.78, 5) is 12.2. The van der Waals surface area contributed by atoms with Crippen molar-refractivity contribution in [3.8, 4) is 0 Å². The monoisotopic (exact) mass is 309 g/mol. The summed E-state index contributed by atoms with van der Waals surface area (Å²) in [5.74, 6) is 0.288. The van der Waals surface area contributed by atoms with Gasteiger partial charge in [-0.1, -0.05) is 25.1 Å². The minimum absolute atomic E-state index is 0.0437. The van der Waals surface area contributed by atoms with Crippen molar-refractivity contribution >= 4 is 21.4 Å². The van der Waals surface area contributed by atoms with Gasteiger partial charge in [0.2, 0.25) is 5.91 Å². The Bertz CT molecular complexity index is 622. The Morgan fingerprint density at radius 2 is 2.14 bits per heavy atom. The largest absolute Gasteiger partial charge is 0.326 e. The minimum atomic E-state index is -2.95. The smallest absolute Gasteiger partial charge is 0.224 e. The molecule has 0 aliphatic carbocycles. The maximum Gasteiger partial charge on any atom is 0.224 e. The number of rotatable bonds is 4. The first-order valence-electron chi connectivity index (χ1n) is 7.50. The van der Waals surface area contributed by atoms with E-state index in [2.05, 4.69) is 12.2 Å². The van der Waals surface area contributed by atoms with E-state index in [4.69, 9.17) is 0 Å². The highest BCUT2D eigenvalue weighted by molar-refractivity contribution is 7.91. The summed E-state index contributed by atoms with van der Waals surface area (Å²) in [7, 11) is -2.95. The van der Waals surface area contributed by atoms with Crippen molar-refractivity contribution in [2.75, 3.05) is 16.8 Å². The van der Waals surface area contributed by atoms with Crippen LogP contribution in [0.5, 0.6) is 0 Å². The quantitative estimate of drug-likeness (QED) is 0.930. The second-order valence-corrected chi connectivity index (χ2v) is 8.07. The van der Waals surface area contributed by atoms with Crippen molar-refractivity contribution in [1.82, 2.24) is 0 Å². The molecule has 1 fully saturated rings. The van der Waals surface area contributed by atoms with Gasteiger partial charge in [-0.15, -0.1) is 0 Å².